The molecule has 2 heterocycles. The van der Waals surface area contributed by atoms with Crippen molar-refractivity contribution in [3.8, 4) is 0 Å². The van der Waals surface area contributed by atoms with Crippen molar-refractivity contribution in [3.63, 3.8) is 0 Å². The SMILES string of the molecule is CN(CCCNc1c2ccccc2nc2cc(Cl)ccc12)CCCNc1c2ccccc2nc2cc(Cl)ccc12. The van der Waals surface area contributed by atoms with E-state index in [1.165, 1.54) is 0 Å². The zero-order valence-corrected chi connectivity index (χ0v) is 23.9. The van der Waals surface area contributed by atoms with Crippen LogP contribution in [0.15, 0.2) is 84.9 Å². The molecule has 0 aliphatic rings. The van der Waals surface area contributed by atoms with Gasteiger partial charge in [-0.15, -0.1) is 0 Å². The molecule has 6 aromatic rings. The molecule has 0 aliphatic heterocycles. The van der Waals surface area contributed by atoms with Crippen molar-refractivity contribution in [1.29, 1.82) is 0 Å². The first-order valence-corrected chi connectivity index (χ1v) is 14.4. The molecule has 5 nitrogen and oxygen atoms in total. The maximum Gasteiger partial charge on any atom is 0.0745 e. The number of para-hydroxylation sites is 2. The molecule has 2 N–H and O–H groups in total. The van der Waals surface area contributed by atoms with E-state index in [0.29, 0.717) is 10.0 Å². The molecule has 0 fully saturated rings. The summed E-state index contributed by atoms with van der Waals surface area (Å²) in [5.74, 6) is 0. The number of halogens is 2. The summed E-state index contributed by atoms with van der Waals surface area (Å²) in [6, 6.07) is 28.4. The second-order valence-corrected chi connectivity index (χ2v) is 11.1. The lowest BCUT2D eigenvalue weighted by Crippen LogP contribution is -2.24. The highest BCUT2D eigenvalue weighted by molar-refractivity contribution is 6.32. The fourth-order valence-corrected chi connectivity index (χ4v) is 5.68. The van der Waals surface area contributed by atoms with Gasteiger partial charge in [-0.25, -0.2) is 9.97 Å². The van der Waals surface area contributed by atoms with Crippen LogP contribution in [0.1, 0.15) is 12.8 Å². The van der Waals surface area contributed by atoms with E-state index >= 15 is 0 Å². The first-order chi connectivity index (χ1) is 19.6. The van der Waals surface area contributed by atoms with E-state index in [1.54, 1.807) is 0 Å². The highest BCUT2D eigenvalue weighted by Gasteiger charge is 2.11. The van der Waals surface area contributed by atoms with Crippen molar-refractivity contribution in [2.45, 2.75) is 12.8 Å². The van der Waals surface area contributed by atoms with Crippen LogP contribution in [0.2, 0.25) is 10.0 Å². The van der Waals surface area contributed by atoms with E-state index in [-0.39, 0.29) is 0 Å². The lowest BCUT2D eigenvalue weighted by molar-refractivity contribution is 0.331. The zero-order chi connectivity index (χ0) is 27.5. The molecule has 4 aromatic carbocycles. The predicted molar refractivity (Wildman–Crippen MR) is 172 cm³/mol. The maximum atomic E-state index is 6.25. The molecule has 7 heteroatoms. The average molecular weight is 569 g/mol. The van der Waals surface area contributed by atoms with Crippen molar-refractivity contribution < 1.29 is 0 Å². The number of hydrogen-bond donors (Lipinski definition) is 2. The molecule has 6 rings (SSSR count). The van der Waals surface area contributed by atoms with E-state index in [2.05, 4.69) is 71.1 Å². The van der Waals surface area contributed by atoms with E-state index in [0.717, 1.165) is 94.0 Å². The molecule has 202 valence electrons. The van der Waals surface area contributed by atoms with Crippen LogP contribution in [0.5, 0.6) is 0 Å². The van der Waals surface area contributed by atoms with Crippen LogP contribution in [-0.4, -0.2) is 48.1 Å². The van der Waals surface area contributed by atoms with Crippen LogP contribution in [0.3, 0.4) is 0 Å². The molecule has 0 radical (unpaired) electrons. The fraction of sp³-hybridized carbons (Fsp3) is 0.212. The Bertz CT molecular complexity index is 1690. The summed E-state index contributed by atoms with van der Waals surface area (Å²) >= 11 is 12.5. The van der Waals surface area contributed by atoms with Gasteiger partial charge < -0.3 is 15.5 Å². The number of aromatic nitrogens is 2. The van der Waals surface area contributed by atoms with Crippen LogP contribution in [0.25, 0.3) is 43.6 Å². The largest absolute Gasteiger partial charge is 0.384 e. The highest BCUT2D eigenvalue weighted by Crippen LogP contribution is 2.33. The highest BCUT2D eigenvalue weighted by atomic mass is 35.5. The van der Waals surface area contributed by atoms with Gasteiger partial charge in [-0.2, -0.15) is 0 Å². The van der Waals surface area contributed by atoms with E-state index in [9.17, 15) is 0 Å². The van der Waals surface area contributed by atoms with Crippen LogP contribution in [0, 0.1) is 0 Å². The van der Waals surface area contributed by atoms with Crippen LogP contribution < -0.4 is 10.6 Å². The number of anilines is 2. The Balaban J connectivity index is 1.04. The van der Waals surface area contributed by atoms with Gasteiger partial charge in [-0.3, -0.25) is 0 Å². The number of nitrogens with one attached hydrogen (secondary N) is 2. The Morgan fingerprint density at radius 3 is 1.48 bits per heavy atom. The van der Waals surface area contributed by atoms with Gasteiger partial charge in [-0.1, -0.05) is 59.6 Å². The van der Waals surface area contributed by atoms with Gasteiger partial charge in [0.2, 0.25) is 0 Å². The molecular formula is C33H31Cl2N5. The summed E-state index contributed by atoms with van der Waals surface area (Å²) in [5.41, 5.74) is 6.03. The predicted octanol–water partition coefficient (Wildman–Crippen LogP) is 8.63. The maximum absolute atomic E-state index is 6.25. The Morgan fingerprint density at radius 2 is 1.00 bits per heavy atom. The molecule has 0 spiro atoms. The van der Waals surface area contributed by atoms with Crippen molar-refractivity contribution in [2.24, 2.45) is 0 Å². The quantitative estimate of drug-likeness (QED) is 0.128. The number of fused-ring (bicyclic) bond motifs is 4. The summed E-state index contributed by atoms with van der Waals surface area (Å²) in [7, 11) is 2.19. The lowest BCUT2D eigenvalue weighted by atomic mass is 10.1. The number of benzene rings is 4. The molecule has 0 atom stereocenters. The Hall–Kier alpha value is -3.64. The first-order valence-electron chi connectivity index (χ1n) is 13.7. The molecule has 0 saturated carbocycles. The van der Waals surface area contributed by atoms with Gasteiger partial charge in [0.05, 0.1) is 33.4 Å². The average Bonchev–Trinajstić information content (AvgIpc) is 2.96. The minimum absolute atomic E-state index is 0.701. The third-order valence-corrected chi connectivity index (χ3v) is 7.79. The van der Waals surface area contributed by atoms with Gasteiger partial charge in [0.25, 0.3) is 0 Å². The second kappa shape index (κ2) is 11.8. The second-order valence-electron chi connectivity index (χ2n) is 10.2. The number of pyridine rings is 2. The minimum atomic E-state index is 0.701. The topological polar surface area (TPSA) is 53.1 Å². The molecule has 40 heavy (non-hydrogen) atoms. The van der Waals surface area contributed by atoms with Crippen molar-refractivity contribution in [1.82, 2.24) is 14.9 Å². The third kappa shape index (κ3) is 5.64. The summed E-state index contributed by atoms with van der Waals surface area (Å²) < 4.78 is 0. The number of nitrogens with zero attached hydrogens (tertiary/aromatic N) is 3. The van der Waals surface area contributed by atoms with Gasteiger partial charge >= 0.3 is 0 Å². The lowest BCUT2D eigenvalue weighted by Gasteiger charge is -2.19. The summed E-state index contributed by atoms with van der Waals surface area (Å²) in [5, 5.41) is 13.3. The minimum Gasteiger partial charge on any atom is -0.384 e. The van der Waals surface area contributed by atoms with Crippen molar-refractivity contribution >= 4 is 78.2 Å². The van der Waals surface area contributed by atoms with Crippen LogP contribution >= 0.6 is 23.2 Å². The normalized spacial score (nSPS) is 11.7. The summed E-state index contributed by atoms with van der Waals surface area (Å²) in [6.07, 6.45) is 2.08. The summed E-state index contributed by atoms with van der Waals surface area (Å²) in [6.45, 7) is 3.79. The molecular weight excluding hydrogens is 537 g/mol. The number of hydrogen-bond acceptors (Lipinski definition) is 5. The molecule has 2 aromatic heterocycles. The van der Waals surface area contributed by atoms with Crippen molar-refractivity contribution in [2.75, 3.05) is 43.9 Å². The molecule has 0 aliphatic carbocycles. The zero-order valence-electron chi connectivity index (χ0n) is 22.4. The monoisotopic (exact) mass is 567 g/mol. The Labute approximate surface area is 244 Å². The fourth-order valence-electron chi connectivity index (χ4n) is 5.35. The van der Waals surface area contributed by atoms with E-state index in [4.69, 9.17) is 33.2 Å². The Kier molecular flexibility index (Phi) is 7.87. The molecule has 0 bridgehead atoms. The molecule has 0 amide bonds. The summed E-state index contributed by atoms with van der Waals surface area (Å²) in [4.78, 5) is 12.0. The van der Waals surface area contributed by atoms with Gasteiger partial charge in [0, 0.05) is 44.7 Å². The van der Waals surface area contributed by atoms with Gasteiger partial charge in [0.15, 0.2) is 0 Å². The molecule has 0 saturated heterocycles. The smallest absolute Gasteiger partial charge is 0.0745 e. The number of rotatable bonds is 10. The van der Waals surface area contributed by atoms with Gasteiger partial charge in [-0.05, 0) is 81.5 Å². The standard InChI is InChI=1S/C33H31Cl2N5/c1-40(18-6-16-36-32-24-8-2-4-10-28(24)38-30-20-22(34)12-14-26(30)32)19-7-17-37-33-25-9-3-5-11-29(25)39-31-21-23(35)13-15-27(31)33/h2-5,8-15,20-21H,6-7,16-19H2,1H3,(H,36,38)(H,37,39). The van der Waals surface area contributed by atoms with Gasteiger partial charge in [0.1, 0.15) is 0 Å². The third-order valence-electron chi connectivity index (χ3n) is 7.32. The molecule has 0 unspecified atom stereocenters. The van der Waals surface area contributed by atoms with Crippen LogP contribution in [0.4, 0.5) is 11.4 Å². The van der Waals surface area contributed by atoms with Crippen molar-refractivity contribution in [3.05, 3.63) is 95.0 Å². The van der Waals surface area contributed by atoms with E-state index in [1.807, 2.05) is 36.4 Å². The van der Waals surface area contributed by atoms with Crippen LogP contribution in [-0.2, 0) is 0 Å². The first kappa shape index (κ1) is 26.6. The van der Waals surface area contributed by atoms with E-state index < -0.39 is 0 Å². The Morgan fingerprint density at radius 1 is 0.575 bits per heavy atom.